The second kappa shape index (κ2) is 5.56. The van der Waals surface area contributed by atoms with Crippen molar-refractivity contribution in [1.82, 2.24) is 10.2 Å². The number of amides is 2. The standard InChI is InChI=1S/C12H23N3O3/c1-12(2,3)9(14-11(17)18-4)10(16)15-7-5-6-8(15)13/h8-9H,5-7,13H2,1-4H3,(H,14,17)/t8-,9+/m0/s1. The molecule has 0 aliphatic carbocycles. The number of ether oxygens (including phenoxy) is 1. The Bertz CT molecular complexity index is 325. The number of nitrogens with zero attached hydrogens (tertiary/aromatic N) is 1. The molecule has 1 aliphatic heterocycles. The molecule has 1 fully saturated rings. The van der Waals surface area contributed by atoms with Gasteiger partial charge in [0.1, 0.15) is 6.04 Å². The molecule has 0 aromatic rings. The highest BCUT2D eigenvalue weighted by Crippen LogP contribution is 2.24. The molecule has 0 radical (unpaired) electrons. The van der Waals surface area contributed by atoms with E-state index < -0.39 is 17.6 Å². The highest BCUT2D eigenvalue weighted by molar-refractivity contribution is 5.86. The van der Waals surface area contributed by atoms with Gasteiger partial charge in [0.15, 0.2) is 0 Å². The molecule has 6 heteroatoms. The van der Waals surface area contributed by atoms with Crippen LogP contribution in [0.15, 0.2) is 0 Å². The van der Waals surface area contributed by atoms with Gasteiger partial charge in [-0.3, -0.25) is 4.79 Å². The lowest BCUT2D eigenvalue weighted by Crippen LogP contribution is -2.56. The number of likely N-dealkylation sites (tertiary alicyclic amines) is 1. The van der Waals surface area contributed by atoms with Crippen LogP contribution in [0.1, 0.15) is 33.6 Å². The molecule has 0 unspecified atom stereocenters. The Hall–Kier alpha value is -1.30. The molecule has 0 bridgehead atoms. The topological polar surface area (TPSA) is 84.7 Å². The van der Waals surface area contributed by atoms with Gasteiger partial charge >= 0.3 is 6.09 Å². The summed E-state index contributed by atoms with van der Waals surface area (Å²) in [6.07, 6.45) is 0.862. The predicted octanol–water partition coefficient (Wildman–Crippen LogP) is 0.664. The molecular formula is C12H23N3O3. The maximum atomic E-state index is 12.4. The van der Waals surface area contributed by atoms with E-state index in [0.717, 1.165) is 12.8 Å². The molecule has 1 saturated heterocycles. The van der Waals surface area contributed by atoms with Crippen LogP contribution < -0.4 is 11.1 Å². The fraction of sp³-hybridized carbons (Fsp3) is 0.833. The third-order valence-electron chi connectivity index (χ3n) is 3.14. The quantitative estimate of drug-likeness (QED) is 0.761. The van der Waals surface area contributed by atoms with Crippen molar-refractivity contribution in [2.24, 2.45) is 11.1 Å². The van der Waals surface area contributed by atoms with Crippen molar-refractivity contribution < 1.29 is 14.3 Å². The van der Waals surface area contributed by atoms with E-state index in [2.05, 4.69) is 10.1 Å². The maximum Gasteiger partial charge on any atom is 0.407 e. The first-order valence-electron chi connectivity index (χ1n) is 6.18. The Balaban J connectivity index is 2.82. The Kier molecular flexibility index (Phi) is 4.56. The molecule has 18 heavy (non-hydrogen) atoms. The highest BCUT2D eigenvalue weighted by Gasteiger charge is 2.38. The van der Waals surface area contributed by atoms with Crippen LogP contribution in [0.2, 0.25) is 0 Å². The molecule has 3 N–H and O–H groups in total. The highest BCUT2D eigenvalue weighted by atomic mass is 16.5. The lowest BCUT2D eigenvalue weighted by Gasteiger charge is -2.34. The van der Waals surface area contributed by atoms with E-state index in [9.17, 15) is 9.59 Å². The van der Waals surface area contributed by atoms with Crippen molar-refractivity contribution in [2.75, 3.05) is 13.7 Å². The molecule has 1 heterocycles. The predicted molar refractivity (Wildman–Crippen MR) is 67.7 cm³/mol. The molecule has 0 spiro atoms. The monoisotopic (exact) mass is 257 g/mol. The first kappa shape index (κ1) is 14.8. The number of carbonyl (C=O) groups is 2. The van der Waals surface area contributed by atoms with Gasteiger partial charge in [0, 0.05) is 6.54 Å². The Morgan fingerprint density at radius 1 is 1.44 bits per heavy atom. The number of hydrogen-bond donors (Lipinski definition) is 2. The van der Waals surface area contributed by atoms with E-state index >= 15 is 0 Å². The number of alkyl carbamates (subject to hydrolysis) is 1. The number of hydrogen-bond acceptors (Lipinski definition) is 4. The smallest absolute Gasteiger partial charge is 0.407 e. The second-order valence-electron chi connectivity index (χ2n) is 5.68. The van der Waals surface area contributed by atoms with Gasteiger partial charge in [-0.2, -0.15) is 0 Å². The van der Waals surface area contributed by atoms with Crippen LogP contribution in [0.4, 0.5) is 4.79 Å². The number of methoxy groups -OCH3 is 1. The van der Waals surface area contributed by atoms with Crippen molar-refractivity contribution in [2.45, 2.75) is 45.8 Å². The van der Waals surface area contributed by atoms with Gasteiger partial charge in [0.25, 0.3) is 0 Å². The van der Waals surface area contributed by atoms with Crippen LogP contribution in [0.3, 0.4) is 0 Å². The molecule has 2 amide bonds. The minimum Gasteiger partial charge on any atom is -0.453 e. The molecular weight excluding hydrogens is 234 g/mol. The minimum absolute atomic E-state index is 0.141. The van der Waals surface area contributed by atoms with Crippen LogP contribution in [0, 0.1) is 5.41 Å². The van der Waals surface area contributed by atoms with E-state index in [1.165, 1.54) is 7.11 Å². The number of carbonyl (C=O) groups excluding carboxylic acids is 2. The minimum atomic E-state index is -0.630. The van der Waals surface area contributed by atoms with E-state index in [0.29, 0.717) is 6.54 Å². The maximum absolute atomic E-state index is 12.4. The average molecular weight is 257 g/mol. The summed E-state index contributed by atoms with van der Waals surface area (Å²) in [6.45, 7) is 6.34. The summed E-state index contributed by atoms with van der Waals surface area (Å²) < 4.78 is 4.56. The molecule has 0 aromatic carbocycles. The first-order valence-corrected chi connectivity index (χ1v) is 6.18. The number of rotatable bonds is 2. The Morgan fingerprint density at radius 2 is 2.06 bits per heavy atom. The average Bonchev–Trinajstić information content (AvgIpc) is 2.69. The van der Waals surface area contributed by atoms with Gasteiger partial charge in [-0.15, -0.1) is 0 Å². The van der Waals surface area contributed by atoms with Gasteiger partial charge in [-0.1, -0.05) is 20.8 Å². The SMILES string of the molecule is COC(=O)N[C@H](C(=O)N1CCC[C@H]1N)C(C)(C)C. The third kappa shape index (κ3) is 3.35. The molecule has 1 aliphatic rings. The Labute approximate surface area is 108 Å². The van der Waals surface area contributed by atoms with Crippen LogP contribution in [0.25, 0.3) is 0 Å². The van der Waals surface area contributed by atoms with Crippen LogP contribution in [0.5, 0.6) is 0 Å². The fourth-order valence-corrected chi connectivity index (χ4v) is 2.06. The van der Waals surface area contributed by atoms with Crippen molar-refractivity contribution in [3.63, 3.8) is 0 Å². The lowest BCUT2D eigenvalue weighted by molar-refractivity contribution is -0.136. The second-order valence-corrected chi connectivity index (χ2v) is 5.68. The summed E-state index contributed by atoms with van der Waals surface area (Å²) in [7, 11) is 1.28. The van der Waals surface area contributed by atoms with E-state index in [4.69, 9.17) is 5.73 Å². The van der Waals surface area contributed by atoms with E-state index in [1.807, 2.05) is 20.8 Å². The van der Waals surface area contributed by atoms with Crippen LogP contribution in [-0.2, 0) is 9.53 Å². The summed E-state index contributed by atoms with van der Waals surface area (Å²) in [5, 5.41) is 2.60. The first-order chi connectivity index (χ1) is 8.27. The number of nitrogens with one attached hydrogen (secondary N) is 1. The zero-order chi connectivity index (χ0) is 13.9. The molecule has 104 valence electrons. The molecule has 0 saturated carbocycles. The lowest BCUT2D eigenvalue weighted by atomic mass is 9.86. The van der Waals surface area contributed by atoms with E-state index in [1.54, 1.807) is 4.90 Å². The molecule has 0 aromatic heterocycles. The fourth-order valence-electron chi connectivity index (χ4n) is 2.06. The summed E-state index contributed by atoms with van der Waals surface area (Å²) in [6, 6.07) is -0.630. The summed E-state index contributed by atoms with van der Waals surface area (Å²) in [5.74, 6) is -0.141. The largest absolute Gasteiger partial charge is 0.453 e. The van der Waals surface area contributed by atoms with Gasteiger partial charge < -0.3 is 20.7 Å². The van der Waals surface area contributed by atoms with Gasteiger partial charge in [0.2, 0.25) is 5.91 Å². The summed E-state index contributed by atoms with van der Waals surface area (Å²) in [4.78, 5) is 25.4. The molecule has 6 nitrogen and oxygen atoms in total. The Morgan fingerprint density at radius 3 is 2.44 bits per heavy atom. The van der Waals surface area contributed by atoms with Crippen LogP contribution >= 0.6 is 0 Å². The van der Waals surface area contributed by atoms with Gasteiger partial charge in [-0.05, 0) is 18.3 Å². The molecule has 1 rings (SSSR count). The summed E-state index contributed by atoms with van der Waals surface area (Å²) >= 11 is 0. The van der Waals surface area contributed by atoms with E-state index in [-0.39, 0.29) is 12.1 Å². The van der Waals surface area contributed by atoms with Crippen molar-refractivity contribution in [3.05, 3.63) is 0 Å². The van der Waals surface area contributed by atoms with Crippen LogP contribution in [-0.4, -0.2) is 42.8 Å². The summed E-state index contributed by atoms with van der Waals surface area (Å²) in [5.41, 5.74) is 5.49. The zero-order valence-corrected chi connectivity index (χ0v) is 11.5. The van der Waals surface area contributed by atoms with Crippen molar-refractivity contribution in [1.29, 1.82) is 0 Å². The van der Waals surface area contributed by atoms with Gasteiger partial charge in [-0.25, -0.2) is 4.79 Å². The molecule has 2 atom stereocenters. The normalized spacial score (nSPS) is 21.6. The van der Waals surface area contributed by atoms with Crippen molar-refractivity contribution in [3.8, 4) is 0 Å². The third-order valence-corrected chi connectivity index (χ3v) is 3.14. The van der Waals surface area contributed by atoms with Gasteiger partial charge in [0.05, 0.1) is 13.3 Å². The zero-order valence-electron chi connectivity index (χ0n) is 11.5. The van der Waals surface area contributed by atoms with Crippen molar-refractivity contribution >= 4 is 12.0 Å². The number of nitrogens with two attached hydrogens (primary N) is 1.